The van der Waals surface area contributed by atoms with Gasteiger partial charge in [0.25, 0.3) is 0 Å². The molecule has 1 amide bonds. The summed E-state index contributed by atoms with van der Waals surface area (Å²) in [4.78, 5) is 13.5. The minimum Gasteiger partial charge on any atom is -0.389 e. The van der Waals surface area contributed by atoms with Gasteiger partial charge in [0.1, 0.15) is 0 Å². The normalized spacial score (nSPS) is 16.0. The minimum absolute atomic E-state index is 0.0416. The number of hydrogen-bond donors (Lipinski definition) is 3. The number of hydrazine groups is 1. The molecule has 0 spiro atoms. The second kappa shape index (κ2) is 6.18. The number of likely N-dealkylation sites (N-methyl/N-ethyl adjacent to an activating group) is 1. The van der Waals surface area contributed by atoms with Crippen LogP contribution in [-0.2, 0) is 4.79 Å². The van der Waals surface area contributed by atoms with E-state index in [4.69, 9.17) is 5.84 Å². The molecular weight excluding hydrogens is 206 g/mol. The predicted octanol–water partition coefficient (Wildman–Crippen LogP) is 0.0937. The van der Waals surface area contributed by atoms with Crippen LogP contribution in [-0.4, -0.2) is 40.6 Å². The Bertz CT molecular complexity index is 226. The van der Waals surface area contributed by atoms with Gasteiger partial charge >= 0.3 is 0 Å². The monoisotopic (exact) mass is 231 g/mol. The molecule has 0 fully saturated rings. The van der Waals surface area contributed by atoms with Crippen LogP contribution in [0.1, 0.15) is 34.6 Å². The van der Waals surface area contributed by atoms with E-state index in [-0.39, 0.29) is 17.9 Å². The number of nitrogens with zero attached hydrogens (tertiary/aromatic N) is 1. The first-order chi connectivity index (χ1) is 7.22. The predicted molar refractivity (Wildman–Crippen MR) is 64.5 cm³/mol. The Morgan fingerprint density at radius 2 is 2.00 bits per heavy atom. The van der Waals surface area contributed by atoms with Crippen molar-refractivity contribution in [3.63, 3.8) is 0 Å². The van der Waals surface area contributed by atoms with Gasteiger partial charge in [-0.25, -0.2) is 5.84 Å². The number of nitrogens with one attached hydrogen (secondary N) is 1. The fraction of sp³-hybridized carbons (Fsp3) is 0.909. The van der Waals surface area contributed by atoms with Gasteiger partial charge in [0, 0.05) is 12.6 Å². The van der Waals surface area contributed by atoms with Gasteiger partial charge in [0.05, 0.1) is 11.5 Å². The molecule has 0 saturated heterocycles. The molecule has 0 rings (SSSR count). The van der Waals surface area contributed by atoms with E-state index in [2.05, 4.69) is 10.3 Å². The van der Waals surface area contributed by atoms with Gasteiger partial charge < -0.3 is 5.11 Å². The van der Waals surface area contributed by atoms with Gasteiger partial charge in [-0.1, -0.05) is 13.8 Å². The highest BCUT2D eigenvalue weighted by Crippen LogP contribution is 2.14. The Hall–Kier alpha value is -0.650. The Balaban J connectivity index is 4.52. The first kappa shape index (κ1) is 15.3. The SMILES string of the molecule is CCN(CC(C)(C)O)C(C)C(C)C(=O)NN. The summed E-state index contributed by atoms with van der Waals surface area (Å²) in [6.07, 6.45) is 0. The van der Waals surface area contributed by atoms with E-state index in [1.807, 2.05) is 20.8 Å². The van der Waals surface area contributed by atoms with Gasteiger partial charge in [-0.2, -0.15) is 0 Å². The molecular formula is C11H25N3O2. The summed E-state index contributed by atoms with van der Waals surface area (Å²) in [5, 5.41) is 9.78. The van der Waals surface area contributed by atoms with Crippen LogP contribution in [0, 0.1) is 5.92 Å². The maximum absolute atomic E-state index is 11.4. The zero-order chi connectivity index (χ0) is 12.9. The minimum atomic E-state index is -0.761. The Kier molecular flexibility index (Phi) is 5.92. The van der Waals surface area contributed by atoms with Crippen molar-refractivity contribution >= 4 is 5.91 Å². The quantitative estimate of drug-likeness (QED) is 0.344. The number of aliphatic hydroxyl groups is 1. The summed E-state index contributed by atoms with van der Waals surface area (Å²) in [5.74, 6) is 4.73. The maximum Gasteiger partial charge on any atom is 0.238 e. The molecule has 0 radical (unpaired) electrons. The molecule has 0 bridgehead atoms. The van der Waals surface area contributed by atoms with Gasteiger partial charge in [-0.15, -0.1) is 0 Å². The van der Waals surface area contributed by atoms with Crippen LogP contribution in [0.15, 0.2) is 0 Å². The third kappa shape index (κ3) is 4.92. The summed E-state index contributed by atoms with van der Waals surface area (Å²) in [5.41, 5.74) is 1.40. The second-order valence-corrected chi connectivity index (χ2v) is 4.91. The van der Waals surface area contributed by atoms with Gasteiger partial charge in [0.2, 0.25) is 5.91 Å². The van der Waals surface area contributed by atoms with E-state index in [9.17, 15) is 9.90 Å². The Morgan fingerprint density at radius 1 is 1.50 bits per heavy atom. The van der Waals surface area contributed by atoms with Crippen LogP contribution in [0.2, 0.25) is 0 Å². The molecule has 2 unspecified atom stereocenters. The lowest BCUT2D eigenvalue weighted by Crippen LogP contribution is -2.49. The summed E-state index contributed by atoms with van der Waals surface area (Å²) in [6.45, 7) is 10.6. The largest absolute Gasteiger partial charge is 0.389 e. The molecule has 16 heavy (non-hydrogen) atoms. The number of hydrogen-bond acceptors (Lipinski definition) is 4. The zero-order valence-electron chi connectivity index (χ0n) is 10.9. The van der Waals surface area contributed by atoms with E-state index in [0.29, 0.717) is 6.54 Å². The third-order valence-corrected chi connectivity index (χ3v) is 2.85. The molecule has 0 aliphatic carbocycles. The van der Waals surface area contributed by atoms with Crippen molar-refractivity contribution in [1.82, 2.24) is 10.3 Å². The van der Waals surface area contributed by atoms with E-state index in [1.54, 1.807) is 13.8 Å². The Morgan fingerprint density at radius 3 is 2.31 bits per heavy atom. The van der Waals surface area contributed by atoms with Gasteiger partial charge in [0.15, 0.2) is 0 Å². The van der Waals surface area contributed by atoms with E-state index in [1.165, 1.54) is 0 Å². The van der Waals surface area contributed by atoms with Crippen molar-refractivity contribution in [3.05, 3.63) is 0 Å². The van der Waals surface area contributed by atoms with Crippen molar-refractivity contribution in [1.29, 1.82) is 0 Å². The highest BCUT2D eigenvalue weighted by Gasteiger charge is 2.27. The molecule has 4 N–H and O–H groups in total. The maximum atomic E-state index is 11.4. The molecule has 0 aliphatic rings. The van der Waals surface area contributed by atoms with Crippen LogP contribution in [0.5, 0.6) is 0 Å². The van der Waals surface area contributed by atoms with Crippen LogP contribution in [0.4, 0.5) is 0 Å². The smallest absolute Gasteiger partial charge is 0.238 e. The molecule has 0 aromatic heterocycles. The number of rotatable bonds is 6. The fourth-order valence-electron chi connectivity index (χ4n) is 1.71. The van der Waals surface area contributed by atoms with E-state index < -0.39 is 5.60 Å². The molecule has 0 heterocycles. The third-order valence-electron chi connectivity index (χ3n) is 2.85. The lowest BCUT2D eigenvalue weighted by molar-refractivity contribution is -0.127. The first-order valence-electron chi connectivity index (χ1n) is 5.69. The van der Waals surface area contributed by atoms with Crippen molar-refractivity contribution in [2.75, 3.05) is 13.1 Å². The summed E-state index contributed by atoms with van der Waals surface area (Å²) < 4.78 is 0. The second-order valence-electron chi connectivity index (χ2n) is 4.91. The molecule has 0 aromatic carbocycles. The highest BCUT2D eigenvalue weighted by molar-refractivity contribution is 5.78. The topological polar surface area (TPSA) is 78.6 Å². The van der Waals surface area contributed by atoms with E-state index in [0.717, 1.165) is 6.54 Å². The van der Waals surface area contributed by atoms with Crippen molar-refractivity contribution in [2.45, 2.75) is 46.3 Å². The molecule has 96 valence electrons. The number of carbonyl (C=O) groups excluding carboxylic acids is 1. The molecule has 5 nitrogen and oxygen atoms in total. The lowest BCUT2D eigenvalue weighted by atomic mass is 9.99. The standard InChI is InChI=1S/C11H25N3O2/c1-6-14(7-11(4,5)16)9(3)8(2)10(15)13-12/h8-9,16H,6-7,12H2,1-5H3,(H,13,15). The molecule has 0 aromatic rings. The zero-order valence-corrected chi connectivity index (χ0v) is 10.9. The summed E-state index contributed by atoms with van der Waals surface area (Å²) in [7, 11) is 0. The molecule has 5 heteroatoms. The average molecular weight is 231 g/mol. The van der Waals surface area contributed by atoms with Crippen molar-refractivity contribution in [2.24, 2.45) is 11.8 Å². The van der Waals surface area contributed by atoms with Crippen LogP contribution >= 0.6 is 0 Å². The van der Waals surface area contributed by atoms with Crippen LogP contribution in [0.3, 0.4) is 0 Å². The lowest BCUT2D eigenvalue weighted by Gasteiger charge is -2.35. The van der Waals surface area contributed by atoms with Gasteiger partial charge in [-0.3, -0.25) is 15.1 Å². The first-order valence-corrected chi connectivity index (χ1v) is 5.69. The van der Waals surface area contributed by atoms with Crippen LogP contribution < -0.4 is 11.3 Å². The molecule has 2 atom stereocenters. The van der Waals surface area contributed by atoms with Crippen LogP contribution in [0.25, 0.3) is 0 Å². The number of carbonyl (C=O) groups is 1. The van der Waals surface area contributed by atoms with Gasteiger partial charge in [-0.05, 0) is 27.3 Å². The Labute approximate surface area is 98.0 Å². The van der Waals surface area contributed by atoms with Crippen molar-refractivity contribution < 1.29 is 9.90 Å². The summed E-state index contributed by atoms with van der Waals surface area (Å²) in [6, 6.07) is 0.0416. The average Bonchev–Trinajstić information content (AvgIpc) is 2.21. The highest BCUT2D eigenvalue weighted by atomic mass is 16.3. The number of nitrogens with two attached hydrogens (primary N) is 1. The molecule has 0 saturated carbocycles. The fourth-order valence-corrected chi connectivity index (χ4v) is 1.71. The van der Waals surface area contributed by atoms with E-state index >= 15 is 0 Å². The molecule has 0 aliphatic heterocycles. The summed E-state index contributed by atoms with van der Waals surface area (Å²) >= 11 is 0. The van der Waals surface area contributed by atoms with Crippen molar-refractivity contribution in [3.8, 4) is 0 Å². The number of amides is 1.